The van der Waals surface area contributed by atoms with Crippen LogP contribution in [-0.2, 0) is 11.3 Å². The number of para-hydroxylation sites is 1. The van der Waals surface area contributed by atoms with Crippen molar-refractivity contribution in [3.63, 3.8) is 0 Å². The molecule has 0 N–H and O–H groups in total. The van der Waals surface area contributed by atoms with Gasteiger partial charge in [-0.2, -0.15) is 5.26 Å². The van der Waals surface area contributed by atoms with Gasteiger partial charge in [-0.25, -0.2) is 4.79 Å². The van der Waals surface area contributed by atoms with Gasteiger partial charge >= 0.3 is 5.97 Å². The van der Waals surface area contributed by atoms with Crippen LogP contribution in [0, 0.1) is 11.3 Å². The van der Waals surface area contributed by atoms with Gasteiger partial charge in [-0.15, -0.1) is 0 Å². The molecule has 0 radical (unpaired) electrons. The highest BCUT2D eigenvalue weighted by molar-refractivity contribution is 5.90. The predicted molar refractivity (Wildman–Crippen MR) is 65.5 cm³/mol. The maximum Gasteiger partial charge on any atom is 0.341 e. The van der Waals surface area contributed by atoms with Gasteiger partial charge in [0.1, 0.15) is 24.0 Å². The van der Waals surface area contributed by atoms with E-state index in [1.165, 1.54) is 19.4 Å². The van der Waals surface area contributed by atoms with E-state index in [0.29, 0.717) is 22.6 Å². The molecule has 19 heavy (non-hydrogen) atoms. The summed E-state index contributed by atoms with van der Waals surface area (Å²) >= 11 is 0. The molecule has 0 aliphatic rings. The van der Waals surface area contributed by atoms with Crippen molar-refractivity contribution in [1.29, 1.82) is 5.26 Å². The summed E-state index contributed by atoms with van der Waals surface area (Å²) in [6.07, 6.45) is 1.39. The molecule has 0 unspecified atom stereocenters. The molecule has 0 fully saturated rings. The summed E-state index contributed by atoms with van der Waals surface area (Å²) in [7, 11) is 1.30. The van der Waals surface area contributed by atoms with E-state index in [1.807, 2.05) is 6.07 Å². The Morgan fingerprint density at radius 1 is 1.37 bits per heavy atom. The fourth-order valence-electron chi connectivity index (χ4n) is 1.57. The SMILES string of the molecule is COC(=O)c1ccoc1COc1ccccc1C#N. The molecular weight excluding hydrogens is 246 g/mol. The fourth-order valence-corrected chi connectivity index (χ4v) is 1.57. The zero-order chi connectivity index (χ0) is 13.7. The lowest BCUT2D eigenvalue weighted by Gasteiger charge is -2.06. The third-order valence-electron chi connectivity index (χ3n) is 2.52. The molecule has 0 aliphatic heterocycles. The summed E-state index contributed by atoms with van der Waals surface area (Å²) in [5, 5.41) is 8.93. The van der Waals surface area contributed by atoms with E-state index in [4.69, 9.17) is 14.4 Å². The molecule has 96 valence electrons. The molecule has 0 atom stereocenters. The summed E-state index contributed by atoms with van der Waals surface area (Å²) < 4.78 is 15.3. The lowest BCUT2D eigenvalue weighted by Crippen LogP contribution is -2.05. The number of esters is 1. The third-order valence-corrected chi connectivity index (χ3v) is 2.52. The topological polar surface area (TPSA) is 72.5 Å². The quantitative estimate of drug-likeness (QED) is 0.787. The fraction of sp³-hybridized carbons (Fsp3) is 0.143. The number of rotatable bonds is 4. The van der Waals surface area contributed by atoms with E-state index in [0.717, 1.165) is 0 Å². The first kappa shape index (κ1) is 12.7. The molecule has 0 saturated carbocycles. The van der Waals surface area contributed by atoms with E-state index >= 15 is 0 Å². The molecule has 5 nitrogen and oxygen atoms in total. The van der Waals surface area contributed by atoms with Gasteiger partial charge in [0.2, 0.25) is 0 Å². The van der Waals surface area contributed by atoms with Crippen molar-refractivity contribution in [3.8, 4) is 11.8 Å². The van der Waals surface area contributed by atoms with Crippen LogP contribution in [0.3, 0.4) is 0 Å². The van der Waals surface area contributed by atoms with Crippen LogP contribution in [0.25, 0.3) is 0 Å². The molecule has 0 bridgehead atoms. The standard InChI is InChI=1S/C14H11NO4/c1-17-14(16)11-6-7-18-13(11)9-19-12-5-3-2-4-10(12)8-15/h2-7H,9H2,1H3. The van der Waals surface area contributed by atoms with Crippen molar-refractivity contribution in [2.24, 2.45) is 0 Å². The minimum atomic E-state index is -0.485. The maximum atomic E-state index is 11.4. The second-order valence-corrected chi connectivity index (χ2v) is 3.65. The van der Waals surface area contributed by atoms with Crippen molar-refractivity contribution < 1.29 is 18.7 Å². The lowest BCUT2D eigenvalue weighted by atomic mass is 10.2. The molecule has 2 rings (SSSR count). The van der Waals surface area contributed by atoms with Crippen LogP contribution in [0.1, 0.15) is 21.7 Å². The molecule has 0 saturated heterocycles. The van der Waals surface area contributed by atoms with Crippen molar-refractivity contribution >= 4 is 5.97 Å². The van der Waals surface area contributed by atoms with Crippen LogP contribution >= 0.6 is 0 Å². The second-order valence-electron chi connectivity index (χ2n) is 3.65. The second kappa shape index (κ2) is 5.74. The number of nitriles is 1. The number of ether oxygens (including phenoxy) is 2. The number of carbonyl (C=O) groups excluding carboxylic acids is 1. The summed E-state index contributed by atoms with van der Waals surface area (Å²) in [6.45, 7) is 0.0517. The lowest BCUT2D eigenvalue weighted by molar-refractivity contribution is 0.0595. The highest BCUT2D eigenvalue weighted by Crippen LogP contribution is 2.20. The molecule has 1 aromatic heterocycles. The Bertz CT molecular complexity index is 624. The molecule has 0 amide bonds. The number of benzene rings is 1. The first-order valence-electron chi connectivity index (χ1n) is 5.53. The predicted octanol–water partition coefficient (Wildman–Crippen LogP) is 2.52. The van der Waals surface area contributed by atoms with Crippen LogP contribution in [0.15, 0.2) is 41.0 Å². The van der Waals surface area contributed by atoms with Crippen molar-refractivity contribution in [2.45, 2.75) is 6.61 Å². The van der Waals surface area contributed by atoms with E-state index in [-0.39, 0.29) is 6.61 Å². The Labute approximate surface area is 110 Å². The van der Waals surface area contributed by atoms with Crippen LogP contribution in [0.5, 0.6) is 5.75 Å². The van der Waals surface area contributed by atoms with E-state index in [1.54, 1.807) is 24.3 Å². The minimum absolute atomic E-state index is 0.0517. The van der Waals surface area contributed by atoms with Gasteiger partial charge in [0.15, 0.2) is 5.76 Å². The molecule has 1 heterocycles. The number of hydrogen-bond donors (Lipinski definition) is 0. The van der Waals surface area contributed by atoms with Gasteiger partial charge in [0.25, 0.3) is 0 Å². The van der Waals surface area contributed by atoms with E-state index in [2.05, 4.69) is 4.74 Å². The number of nitrogens with zero attached hydrogens (tertiary/aromatic N) is 1. The van der Waals surface area contributed by atoms with Gasteiger partial charge in [0, 0.05) is 0 Å². The van der Waals surface area contributed by atoms with Crippen LogP contribution in [0.2, 0.25) is 0 Å². The Morgan fingerprint density at radius 3 is 2.89 bits per heavy atom. The van der Waals surface area contributed by atoms with Crippen molar-refractivity contribution in [1.82, 2.24) is 0 Å². The average Bonchev–Trinajstić information content (AvgIpc) is 2.93. The van der Waals surface area contributed by atoms with E-state index < -0.39 is 5.97 Å². The van der Waals surface area contributed by atoms with Gasteiger partial charge in [-0.05, 0) is 18.2 Å². The normalized spacial score (nSPS) is 9.68. The van der Waals surface area contributed by atoms with E-state index in [9.17, 15) is 4.79 Å². The van der Waals surface area contributed by atoms with Crippen LogP contribution < -0.4 is 4.74 Å². The number of furan rings is 1. The van der Waals surface area contributed by atoms with Crippen molar-refractivity contribution in [2.75, 3.05) is 7.11 Å². The molecule has 5 heteroatoms. The first-order chi connectivity index (χ1) is 9.26. The molecule has 0 aliphatic carbocycles. The molecule has 0 spiro atoms. The number of methoxy groups -OCH3 is 1. The Kier molecular flexibility index (Phi) is 3.84. The highest BCUT2D eigenvalue weighted by Gasteiger charge is 2.15. The number of carbonyl (C=O) groups is 1. The van der Waals surface area contributed by atoms with Crippen LogP contribution in [0.4, 0.5) is 0 Å². The minimum Gasteiger partial charge on any atom is -0.484 e. The monoisotopic (exact) mass is 257 g/mol. The summed E-state index contributed by atoms with van der Waals surface area (Å²) in [5.74, 6) is 0.317. The Morgan fingerprint density at radius 2 is 2.16 bits per heavy atom. The zero-order valence-electron chi connectivity index (χ0n) is 10.3. The van der Waals surface area contributed by atoms with Gasteiger partial charge in [-0.1, -0.05) is 12.1 Å². The van der Waals surface area contributed by atoms with Crippen molar-refractivity contribution in [3.05, 3.63) is 53.5 Å². The van der Waals surface area contributed by atoms with Gasteiger partial charge in [-0.3, -0.25) is 0 Å². The highest BCUT2D eigenvalue weighted by atomic mass is 16.5. The summed E-state index contributed by atoms with van der Waals surface area (Å²) in [5.41, 5.74) is 0.741. The largest absolute Gasteiger partial charge is 0.484 e. The Balaban J connectivity index is 2.13. The first-order valence-corrected chi connectivity index (χ1v) is 5.53. The zero-order valence-corrected chi connectivity index (χ0v) is 10.3. The number of hydrogen-bond acceptors (Lipinski definition) is 5. The average molecular weight is 257 g/mol. The molecule has 1 aromatic carbocycles. The van der Waals surface area contributed by atoms with Gasteiger partial charge < -0.3 is 13.9 Å². The van der Waals surface area contributed by atoms with Crippen LogP contribution in [-0.4, -0.2) is 13.1 Å². The van der Waals surface area contributed by atoms with Gasteiger partial charge in [0.05, 0.1) is 18.9 Å². The third kappa shape index (κ3) is 2.75. The molecule has 2 aromatic rings. The molecular formula is C14H11NO4. The smallest absolute Gasteiger partial charge is 0.341 e. The maximum absolute atomic E-state index is 11.4. The Hall–Kier alpha value is -2.74. The summed E-state index contributed by atoms with van der Waals surface area (Å²) in [4.78, 5) is 11.4. The summed E-state index contributed by atoms with van der Waals surface area (Å²) in [6, 6.07) is 10.4.